The molecule has 1 aromatic rings. The quantitative estimate of drug-likeness (QED) is 0.409. The van der Waals surface area contributed by atoms with Crippen molar-refractivity contribution in [1.29, 1.82) is 0 Å². The standard InChI is InChI=1S/C17H23NO8S/c1-24-16(20)11-18(12-17(21)25-2)15(19)5-4-10-26-13-6-8-14(9-7-13)27(3,22)23/h6-9H,4-5,10-12H2,1-3H3. The van der Waals surface area contributed by atoms with Crippen LogP contribution in [-0.2, 0) is 33.7 Å². The minimum absolute atomic E-state index is 0.0510. The number of ether oxygens (including phenoxy) is 3. The smallest absolute Gasteiger partial charge is 0.325 e. The lowest BCUT2D eigenvalue weighted by molar-refractivity contribution is -0.152. The summed E-state index contributed by atoms with van der Waals surface area (Å²) in [5, 5.41) is 0. The molecule has 0 bridgehead atoms. The fraction of sp³-hybridized carbons (Fsp3) is 0.471. The van der Waals surface area contributed by atoms with Crippen molar-refractivity contribution < 1.29 is 37.0 Å². The van der Waals surface area contributed by atoms with Gasteiger partial charge in [0.25, 0.3) is 0 Å². The van der Waals surface area contributed by atoms with E-state index in [1.807, 2.05) is 0 Å². The highest BCUT2D eigenvalue weighted by Gasteiger charge is 2.20. The molecular weight excluding hydrogens is 378 g/mol. The Balaban J connectivity index is 2.51. The van der Waals surface area contributed by atoms with Crippen LogP contribution >= 0.6 is 0 Å². The number of methoxy groups -OCH3 is 2. The first-order chi connectivity index (χ1) is 12.7. The lowest BCUT2D eigenvalue weighted by Gasteiger charge is -2.20. The topological polar surface area (TPSA) is 116 Å². The van der Waals surface area contributed by atoms with Gasteiger partial charge in [0.2, 0.25) is 5.91 Å². The molecule has 0 radical (unpaired) electrons. The van der Waals surface area contributed by atoms with Crippen LogP contribution < -0.4 is 4.74 Å². The van der Waals surface area contributed by atoms with Crippen molar-refractivity contribution in [3.8, 4) is 5.75 Å². The Morgan fingerprint density at radius 1 is 0.963 bits per heavy atom. The highest BCUT2D eigenvalue weighted by Crippen LogP contribution is 2.16. The summed E-state index contributed by atoms with van der Waals surface area (Å²) >= 11 is 0. The molecule has 0 aliphatic heterocycles. The van der Waals surface area contributed by atoms with Crippen LogP contribution in [0.25, 0.3) is 0 Å². The molecule has 150 valence electrons. The molecule has 27 heavy (non-hydrogen) atoms. The molecule has 0 heterocycles. The van der Waals surface area contributed by atoms with Crippen molar-refractivity contribution in [3.05, 3.63) is 24.3 Å². The van der Waals surface area contributed by atoms with Gasteiger partial charge in [0.1, 0.15) is 18.8 Å². The Labute approximate surface area is 158 Å². The third kappa shape index (κ3) is 8.07. The number of benzene rings is 1. The highest BCUT2D eigenvalue weighted by atomic mass is 32.2. The molecule has 1 aromatic carbocycles. The monoisotopic (exact) mass is 401 g/mol. The van der Waals surface area contributed by atoms with Crippen LogP contribution in [0.15, 0.2) is 29.2 Å². The lowest BCUT2D eigenvalue weighted by atomic mass is 10.2. The largest absolute Gasteiger partial charge is 0.494 e. The van der Waals surface area contributed by atoms with Gasteiger partial charge in [-0.3, -0.25) is 14.4 Å². The summed E-state index contributed by atoms with van der Waals surface area (Å²) in [7, 11) is -0.898. The van der Waals surface area contributed by atoms with Crippen LogP contribution in [0.2, 0.25) is 0 Å². The number of sulfone groups is 1. The number of amides is 1. The molecular formula is C17H23NO8S. The van der Waals surface area contributed by atoms with E-state index in [0.29, 0.717) is 12.2 Å². The van der Waals surface area contributed by atoms with Crippen molar-refractivity contribution in [1.82, 2.24) is 4.90 Å². The SMILES string of the molecule is COC(=O)CN(CC(=O)OC)C(=O)CCCOc1ccc(S(C)(=O)=O)cc1. The average molecular weight is 401 g/mol. The third-order valence-electron chi connectivity index (χ3n) is 3.50. The van der Waals surface area contributed by atoms with E-state index in [9.17, 15) is 22.8 Å². The highest BCUT2D eigenvalue weighted by molar-refractivity contribution is 7.90. The van der Waals surface area contributed by atoms with Crippen molar-refractivity contribution in [3.63, 3.8) is 0 Å². The van der Waals surface area contributed by atoms with Crippen LogP contribution in [0, 0.1) is 0 Å². The maximum atomic E-state index is 12.2. The maximum Gasteiger partial charge on any atom is 0.325 e. The maximum absolute atomic E-state index is 12.2. The van der Waals surface area contributed by atoms with Crippen LogP contribution in [0.3, 0.4) is 0 Å². The molecule has 0 aromatic heterocycles. The Morgan fingerprint density at radius 3 is 1.93 bits per heavy atom. The zero-order valence-electron chi connectivity index (χ0n) is 15.5. The summed E-state index contributed by atoms with van der Waals surface area (Å²) in [4.78, 5) is 36.2. The summed E-state index contributed by atoms with van der Waals surface area (Å²) < 4.78 is 37.3. The van der Waals surface area contributed by atoms with Crippen molar-refractivity contribution in [2.75, 3.05) is 40.2 Å². The number of rotatable bonds is 10. The molecule has 0 aliphatic carbocycles. The second kappa shape index (κ2) is 10.5. The van der Waals surface area contributed by atoms with Crippen LogP contribution in [0.4, 0.5) is 0 Å². The summed E-state index contributed by atoms with van der Waals surface area (Å²) in [6, 6.07) is 5.92. The molecule has 1 amide bonds. The zero-order chi connectivity index (χ0) is 20.4. The summed E-state index contributed by atoms with van der Waals surface area (Å²) in [5.41, 5.74) is 0. The first-order valence-corrected chi connectivity index (χ1v) is 9.91. The van der Waals surface area contributed by atoms with Gasteiger partial charge in [0, 0.05) is 12.7 Å². The Hall–Kier alpha value is -2.62. The van der Waals surface area contributed by atoms with Gasteiger partial charge in [-0.2, -0.15) is 0 Å². The first-order valence-electron chi connectivity index (χ1n) is 8.01. The predicted molar refractivity (Wildman–Crippen MR) is 94.9 cm³/mol. The minimum Gasteiger partial charge on any atom is -0.494 e. The minimum atomic E-state index is -3.27. The fourth-order valence-corrected chi connectivity index (χ4v) is 2.66. The zero-order valence-corrected chi connectivity index (χ0v) is 16.3. The van der Waals surface area contributed by atoms with Crippen molar-refractivity contribution in [2.24, 2.45) is 0 Å². The number of nitrogens with zero attached hydrogens (tertiary/aromatic N) is 1. The van der Waals surface area contributed by atoms with Gasteiger partial charge in [-0.1, -0.05) is 0 Å². The van der Waals surface area contributed by atoms with Crippen molar-refractivity contribution >= 4 is 27.7 Å². The van der Waals surface area contributed by atoms with Crippen molar-refractivity contribution in [2.45, 2.75) is 17.7 Å². The van der Waals surface area contributed by atoms with Crippen LogP contribution in [0.5, 0.6) is 5.75 Å². The molecule has 1 rings (SSSR count). The fourth-order valence-electron chi connectivity index (χ4n) is 2.03. The summed E-state index contributed by atoms with van der Waals surface area (Å²) in [5.74, 6) is -1.23. The molecule has 9 nitrogen and oxygen atoms in total. The molecule has 0 fully saturated rings. The molecule has 0 unspecified atom stereocenters. The van der Waals surface area contributed by atoms with Crippen LogP contribution in [0.1, 0.15) is 12.8 Å². The number of hydrogen-bond acceptors (Lipinski definition) is 8. The first kappa shape index (κ1) is 22.4. The van der Waals surface area contributed by atoms with Crippen LogP contribution in [-0.4, -0.2) is 71.3 Å². The van der Waals surface area contributed by atoms with Gasteiger partial charge >= 0.3 is 11.9 Å². The second-order valence-corrected chi connectivity index (χ2v) is 7.61. The van der Waals surface area contributed by atoms with Gasteiger partial charge in [-0.25, -0.2) is 8.42 Å². The van der Waals surface area contributed by atoms with E-state index in [1.165, 1.54) is 38.5 Å². The summed E-state index contributed by atoms with van der Waals surface area (Å²) in [6.07, 6.45) is 1.50. The number of carbonyl (C=O) groups excluding carboxylic acids is 3. The molecule has 0 aliphatic rings. The molecule has 10 heteroatoms. The second-order valence-electron chi connectivity index (χ2n) is 5.60. The third-order valence-corrected chi connectivity index (χ3v) is 4.63. The van der Waals surface area contributed by atoms with E-state index >= 15 is 0 Å². The molecule has 0 saturated heterocycles. The van der Waals surface area contributed by atoms with E-state index in [0.717, 1.165) is 11.2 Å². The normalized spacial score (nSPS) is 10.8. The van der Waals surface area contributed by atoms with E-state index < -0.39 is 27.7 Å². The number of esters is 2. The van der Waals surface area contributed by atoms with Gasteiger partial charge in [0.15, 0.2) is 9.84 Å². The molecule has 0 saturated carbocycles. The lowest BCUT2D eigenvalue weighted by Crippen LogP contribution is -2.40. The number of hydrogen-bond donors (Lipinski definition) is 0. The van der Waals surface area contributed by atoms with E-state index in [-0.39, 0.29) is 31.0 Å². The Bertz CT molecular complexity index is 740. The molecule has 0 spiro atoms. The van der Waals surface area contributed by atoms with Gasteiger partial charge in [0.05, 0.1) is 25.7 Å². The Kier molecular flexibility index (Phi) is 8.73. The predicted octanol–water partition coefficient (Wildman–Crippen LogP) is 0.424. The summed E-state index contributed by atoms with van der Waals surface area (Å²) in [6.45, 7) is -0.495. The van der Waals surface area contributed by atoms with Gasteiger partial charge in [-0.05, 0) is 30.7 Å². The average Bonchev–Trinajstić information content (AvgIpc) is 2.63. The molecule has 0 N–H and O–H groups in total. The Morgan fingerprint density at radius 2 is 1.48 bits per heavy atom. The van der Waals surface area contributed by atoms with E-state index in [4.69, 9.17) is 4.74 Å². The van der Waals surface area contributed by atoms with E-state index in [2.05, 4.69) is 9.47 Å². The van der Waals surface area contributed by atoms with E-state index in [1.54, 1.807) is 0 Å². The van der Waals surface area contributed by atoms with Gasteiger partial charge in [-0.15, -0.1) is 0 Å². The number of carbonyl (C=O) groups is 3. The van der Waals surface area contributed by atoms with Gasteiger partial charge < -0.3 is 19.1 Å². The molecule has 0 atom stereocenters.